The van der Waals surface area contributed by atoms with Gasteiger partial charge in [0.2, 0.25) is 0 Å². The van der Waals surface area contributed by atoms with E-state index in [1.165, 1.54) is 5.56 Å². The maximum Gasteiger partial charge on any atom is 0.177 e. The Kier molecular flexibility index (Phi) is 4.87. The molecule has 3 heterocycles. The topological polar surface area (TPSA) is 95.0 Å². The molecule has 3 N–H and O–H groups in total. The number of aryl methyl sites for hydroxylation is 1. The molecular weight excluding hydrogens is 352 g/mol. The largest absolute Gasteiger partial charge is 0.451 e. The molecule has 0 atom stereocenters. The fourth-order valence-corrected chi connectivity index (χ4v) is 3.46. The Bertz CT molecular complexity index is 1140. The van der Waals surface area contributed by atoms with Gasteiger partial charge in [-0.2, -0.15) is 0 Å². The highest BCUT2D eigenvalue weighted by Crippen LogP contribution is 2.39. The summed E-state index contributed by atoms with van der Waals surface area (Å²) in [6.45, 7) is 0. The molecule has 3 aromatic heterocycles. The van der Waals surface area contributed by atoms with Crippen LogP contribution in [0.15, 0.2) is 65.5 Å². The Balaban J connectivity index is 0.000000932. The summed E-state index contributed by atoms with van der Waals surface area (Å²) in [5.74, 6) is 0.696. The Morgan fingerprint density at radius 2 is 1.96 bits per heavy atom. The first-order valence-corrected chi connectivity index (χ1v) is 9.00. The maximum absolute atomic E-state index is 8.00. The van der Waals surface area contributed by atoms with Gasteiger partial charge in [0.1, 0.15) is 5.69 Å². The molecule has 4 aromatic rings. The van der Waals surface area contributed by atoms with E-state index in [9.17, 15) is 0 Å². The lowest BCUT2D eigenvalue weighted by Crippen LogP contribution is -1.95. The Morgan fingerprint density at radius 1 is 1.07 bits per heavy atom. The van der Waals surface area contributed by atoms with Crippen LogP contribution in [0.25, 0.3) is 22.4 Å². The second-order valence-corrected chi connectivity index (χ2v) is 6.37. The summed E-state index contributed by atoms with van der Waals surface area (Å²) in [4.78, 5) is 8.59. The van der Waals surface area contributed by atoms with E-state index in [4.69, 9.17) is 14.9 Å². The van der Waals surface area contributed by atoms with Crippen molar-refractivity contribution >= 4 is 28.1 Å². The number of benzene rings is 1. The maximum atomic E-state index is 8.00. The van der Waals surface area contributed by atoms with Gasteiger partial charge in [-0.05, 0) is 54.3 Å². The van der Waals surface area contributed by atoms with Gasteiger partial charge >= 0.3 is 0 Å². The summed E-state index contributed by atoms with van der Waals surface area (Å²) in [6, 6.07) is 13.9. The lowest BCUT2D eigenvalue weighted by atomic mass is 10.1. The minimum absolute atomic E-state index is 0.696. The standard InChI is InChI=1S/C21H16N4O.CH4O/c22-17-7-4-13-11-14(5-6-15(13)17)25-20-16-8-10-23-12-19(16)26-21(20)18-3-1-2-9-24-18;1-2/h1-3,5-6,8-12,22,25H,4,7H2;2H,1H3. The molecule has 0 bridgehead atoms. The quantitative estimate of drug-likeness (QED) is 0.490. The van der Waals surface area contributed by atoms with Crippen LogP contribution in [0.3, 0.4) is 0 Å². The number of anilines is 2. The van der Waals surface area contributed by atoms with E-state index in [1.54, 1.807) is 18.6 Å². The van der Waals surface area contributed by atoms with Gasteiger partial charge < -0.3 is 20.2 Å². The summed E-state index contributed by atoms with van der Waals surface area (Å²) in [5.41, 5.74) is 6.35. The summed E-state index contributed by atoms with van der Waals surface area (Å²) < 4.78 is 6.05. The van der Waals surface area contributed by atoms with Gasteiger partial charge in [-0.15, -0.1) is 0 Å². The summed E-state index contributed by atoms with van der Waals surface area (Å²) >= 11 is 0. The fourth-order valence-electron chi connectivity index (χ4n) is 3.46. The van der Waals surface area contributed by atoms with Gasteiger partial charge in [0.15, 0.2) is 11.3 Å². The molecule has 0 unspecified atom stereocenters. The lowest BCUT2D eigenvalue weighted by Gasteiger charge is -2.09. The Morgan fingerprint density at radius 3 is 2.79 bits per heavy atom. The number of hydrogen-bond acceptors (Lipinski definition) is 6. The van der Waals surface area contributed by atoms with Crippen LogP contribution in [0.2, 0.25) is 0 Å². The van der Waals surface area contributed by atoms with Crippen molar-refractivity contribution in [3.63, 3.8) is 0 Å². The number of aliphatic hydroxyl groups is 1. The van der Waals surface area contributed by atoms with Crippen LogP contribution in [0.4, 0.5) is 11.4 Å². The molecule has 5 rings (SSSR count). The third-order valence-corrected chi connectivity index (χ3v) is 4.73. The van der Waals surface area contributed by atoms with E-state index in [2.05, 4.69) is 21.4 Å². The second kappa shape index (κ2) is 7.62. The highest BCUT2D eigenvalue weighted by Gasteiger charge is 2.19. The molecule has 0 spiro atoms. The number of hydrogen-bond donors (Lipinski definition) is 3. The van der Waals surface area contributed by atoms with Gasteiger partial charge in [-0.1, -0.05) is 12.1 Å². The van der Waals surface area contributed by atoms with E-state index in [0.717, 1.165) is 59.3 Å². The van der Waals surface area contributed by atoms with Gasteiger partial charge in [-0.25, -0.2) is 0 Å². The van der Waals surface area contributed by atoms with Crippen LogP contribution >= 0.6 is 0 Å². The molecule has 0 saturated heterocycles. The number of aromatic nitrogens is 2. The summed E-state index contributed by atoms with van der Waals surface area (Å²) in [6.07, 6.45) is 6.98. The molecule has 0 fully saturated rings. The molecule has 0 saturated carbocycles. The zero-order chi connectivity index (χ0) is 19.5. The van der Waals surface area contributed by atoms with Crippen molar-refractivity contribution in [1.82, 2.24) is 9.97 Å². The first-order chi connectivity index (χ1) is 13.8. The van der Waals surface area contributed by atoms with Gasteiger partial charge in [0.05, 0.1) is 11.9 Å². The molecule has 0 radical (unpaired) electrons. The molecule has 28 heavy (non-hydrogen) atoms. The molecule has 1 aliphatic rings. The van der Waals surface area contributed by atoms with E-state index in [1.807, 2.05) is 36.4 Å². The number of fused-ring (bicyclic) bond motifs is 2. The predicted molar refractivity (Wildman–Crippen MR) is 110 cm³/mol. The second-order valence-electron chi connectivity index (χ2n) is 6.37. The highest BCUT2D eigenvalue weighted by molar-refractivity contribution is 6.03. The molecule has 1 aliphatic carbocycles. The molecule has 6 nitrogen and oxygen atoms in total. The highest BCUT2D eigenvalue weighted by atomic mass is 16.3. The SMILES string of the molecule is CO.N=C1CCc2cc(Nc3c(-c4ccccn4)oc4cnccc34)ccc21. The minimum Gasteiger partial charge on any atom is -0.451 e. The average Bonchev–Trinajstić information content (AvgIpc) is 3.31. The van der Waals surface area contributed by atoms with Crippen LogP contribution < -0.4 is 5.32 Å². The monoisotopic (exact) mass is 372 g/mol. The molecule has 0 amide bonds. The van der Waals surface area contributed by atoms with E-state index >= 15 is 0 Å². The van der Waals surface area contributed by atoms with Gasteiger partial charge in [0.25, 0.3) is 0 Å². The molecule has 0 aliphatic heterocycles. The van der Waals surface area contributed by atoms with Crippen LogP contribution in [0.1, 0.15) is 17.5 Å². The third kappa shape index (κ3) is 3.14. The van der Waals surface area contributed by atoms with Crippen molar-refractivity contribution in [2.24, 2.45) is 0 Å². The number of aliphatic hydroxyl groups excluding tert-OH is 1. The minimum atomic E-state index is 0.696. The summed E-state index contributed by atoms with van der Waals surface area (Å²) in [5, 5.41) is 19.5. The molecule has 6 heteroatoms. The van der Waals surface area contributed by atoms with Gasteiger partial charge in [0, 0.05) is 36.3 Å². The van der Waals surface area contributed by atoms with Crippen LogP contribution in [-0.4, -0.2) is 27.9 Å². The molecule has 140 valence electrons. The normalized spacial score (nSPS) is 12.4. The zero-order valence-corrected chi connectivity index (χ0v) is 15.4. The number of nitrogens with zero attached hydrogens (tertiary/aromatic N) is 2. The first kappa shape index (κ1) is 17.9. The smallest absolute Gasteiger partial charge is 0.177 e. The molecular formula is C22H20N4O2. The summed E-state index contributed by atoms with van der Waals surface area (Å²) in [7, 11) is 1.00. The van der Waals surface area contributed by atoms with Gasteiger partial charge in [-0.3, -0.25) is 9.97 Å². The van der Waals surface area contributed by atoms with E-state index < -0.39 is 0 Å². The van der Waals surface area contributed by atoms with E-state index in [0.29, 0.717) is 5.76 Å². The Labute approximate surface area is 162 Å². The number of pyridine rings is 2. The van der Waals surface area contributed by atoms with Crippen molar-refractivity contribution in [1.29, 1.82) is 5.41 Å². The average molecular weight is 372 g/mol. The van der Waals surface area contributed by atoms with Crippen molar-refractivity contribution < 1.29 is 9.52 Å². The fraction of sp³-hybridized carbons (Fsp3) is 0.136. The first-order valence-electron chi connectivity index (χ1n) is 9.00. The lowest BCUT2D eigenvalue weighted by molar-refractivity contribution is 0.399. The Hall–Kier alpha value is -3.51. The number of furan rings is 1. The van der Waals surface area contributed by atoms with Crippen LogP contribution in [-0.2, 0) is 6.42 Å². The van der Waals surface area contributed by atoms with Crippen molar-refractivity contribution in [2.45, 2.75) is 12.8 Å². The van der Waals surface area contributed by atoms with Crippen molar-refractivity contribution in [3.05, 3.63) is 72.2 Å². The zero-order valence-electron chi connectivity index (χ0n) is 15.4. The number of rotatable bonds is 3. The van der Waals surface area contributed by atoms with Crippen LogP contribution in [0.5, 0.6) is 0 Å². The van der Waals surface area contributed by atoms with Crippen LogP contribution in [0, 0.1) is 5.41 Å². The molecule has 1 aromatic carbocycles. The van der Waals surface area contributed by atoms with E-state index in [-0.39, 0.29) is 0 Å². The third-order valence-electron chi connectivity index (χ3n) is 4.73. The predicted octanol–water partition coefficient (Wildman–Crippen LogP) is 4.56. The number of nitrogens with one attached hydrogen (secondary N) is 2. The van der Waals surface area contributed by atoms with Crippen molar-refractivity contribution in [2.75, 3.05) is 12.4 Å². The van der Waals surface area contributed by atoms with Crippen molar-refractivity contribution in [3.8, 4) is 11.5 Å².